The Morgan fingerprint density at radius 2 is 2.24 bits per heavy atom. The highest BCUT2D eigenvalue weighted by atomic mass is 32.2. The van der Waals surface area contributed by atoms with E-state index in [0.29, 0.717) is 17.1 Å². The minimum atomic E-state index is -0.323. The standard InChI is InChI=1S/C13H15N3O4S/c1-20-10-3-2-8(14)6-9(10)15-11(17)4-5-16-12(18)7-21-13(16)19/h2-3,6H,4-5,7,14H2,1H3,(H,15,17). The van der Waals surface area contributed by atoms with Crippen molar-refractivity contribution in [2.45, 2.75) is 6.42 Å². The van der Waals surface area contributed by atoms with E-state index >= 15 is 0 Å². The van der Waals surface area contributed by atoms with Gasteiger partial charge in [0.2, 0.25) is 11.8 Å². The monoisotopic (exact) mass is 309 g/mol. The van der Waals surface area contributed by atoms with Crippen LogP contribution in [0.4, 0.5) is 16.2 Å². The van der Waals surface area contributed by atoms with E-state index in [2.05, 4.69) is 5.32 Å². The molecule has 0 radical (unpaired) electrons. The zero-order chi connectivity index (χ0) is 15.4. The molecule has 0 bridgehead atoms. The fourth-order valence-corrected chi connectivity index (χ4v) is 2.60. The number of hydrogen-bond donors (Lipinski definition) is 2. The molecule has 0 saturated carbocycles. The number of benzene rings is 1. The molecule has 1 aliphatic rings. The van der Waals surface area contributed by atoms with Gasteiger partial charge in [-0.1, -0.05) is 11.8 Å². The van der Waals surface area contributed by atoms with Gasteiger partial charge < -0.3 is 15.8 Å². The number of amides is 3. The molecule has 0 spiro atoms. The number of carbonyl (C=O) groups excluding carboxylic acids is 3. The highest BCUT2D eigenvalue weighted by molar-refractivity contribution is 8.14. The third-order valence-corrected chi connectivity index (χ3v) is 3.76. The normalized spacial score (nSPS) is 14.4. The van der Waals surface area contributed by atoms with Crippen molar-refractivity contribution in [3.8, 4) is 5.75 Å². The van der Waals surface area contributed by atoms with E-state index in [1.54, 1.807) is 18.2 Å². The van der Waals surface area contributed by atoms with Crippen LogP contribution in [0.2, 0.25) is 0 Å². The van der Waals surface area contributed by atoms with E-state index in [4.69, 9.17) is 10.5 Å². The van der Waals surface area contributed by atoms with Crippen molar-refractivity contribution in [3.63, 3.8) is 0 Å². The molecule has 0 unspecified atom stereocenters. The van der Waals surface area contributed by atoms with Crippen LogP contribution in [0.15, 0.2) is 18.2 Å². The van der Waals surface area contributed by atoms with Crippen molar-refractivity contribution in [1.82, 2.24) is 4.90 Å². The van der Waals surface area contributed by atoms with Crippen LogP contribution < -0.4 is 15.8 Å². The van der Waals surface area contributed by atoms with Gasteiger partial charge in [0.05, 0.1) is 18.6 Å². The summed E-state index contributed by atoms with van der Waals surface area (Å²) in [6, 6.07) is 4.89. The van der Waals surface area contributed by atoms with E-state index in [1.165, 1.54) is 7.11 Å². The number of rotatable bonds is 5. The highest BCUT2D eigenvalue weighted by Gasteiger charge is 2.29. The SMILES string of the molecule is COc1ccc(N)cc1NC(=O)CCN1C(=O)CSC1=O. The van der Waals surface area contributed by atoms with Crippen LogP contribution in [0, 0.1) is 0 Å². The molecule has 21 heavy (non-hydrogen) atoms. The molecule has 2 rings (SSSR count). The predicted molar refractivity (Wildman–Crippen MR) is 80.2 cm³/mol. The molecule has 112 valence electrons. The van der Waals surface area contributed by atoms with Gasteiger partial charge in [0, 0.05) is 18.7 Å². The van der Waals surface area contributed by atoms with Crippen molar-refractivity contribution in [2.75, 3.05) is 30.5 Å². The summed E-state index contributed by atoms with van der Waals surface area (Å²) in [6.07, 6.45) is 0.0238. The van der Waals surface area contributed by atoms with Crippen LogP contribution in [0.25, 0.3) is 0 Å². The van der Waals surface area contributed by atoms with Crippen LogP contribution in [0.1, 0.15) is 6.42 Å². The van der Waals surface area contributed by atoms with E-state index in [0.717, 1.165) is 16.7 Å². The molecular weight excluding hydrogens is 294 g/mol. The first-order valence-electron chi connectivity index (χ1n) is 6.21. The van der Waals surface area contributed by atoms with E-state index < -0.39 is 0 Å². The quantitative estimate of drug-likeness (QED) is 0.795. The summed E-state index contributed by atoms with van der Waals surface area (Å²) in [4.78, 5) is 35.8. The zero-order valence-electron chi connectivity index (χ0n) is 11.4. The molecule has 0 aromatic heterocycles. The second-order valence-corrected chi connectivity index (χ2v) is 5.28. The van der Waals surface area contributed by atoms with Crippen molar-refractivity contribution in [2.24, 2.45) is 0 Å². The summed E-state index contributed by atoms with van der Waals surface area (Å²) in [6.45, 7) is 0.0706. The van der Waals surface area contributed by atoms with Gasteiger partial charge in [-0.05, 0) is 18.2 Å². The summed E-state index contributed by atoms with van der Waals surface area (Å²) < 4.78 is 5.12. The number of carbonyl (C=O) groups is 3. The van der Waals surface area contributed by atoms with Crippen molar-refractivity contribution < 1.29 is 19.1 Å². The van der Waals surface area contributed by atoms with Crippen LogP contribution >= 0.6 is 11.8 Å². The second-order valence-electron chi connectivity index (χ2n) is 4.36. The first-order valence-corrected chi connectivity index (χ1v) is 7.20. The average molecular weight is 309 g/mol. The lowest BCUT2D eigenvalue weighted by Gasteiger charge is -2.14. The summed E-state index contributed by atoms with van der Waals surface area (Å²) in [7, 11) is 1.49. The van der Waals surface area contributed by atoms with Gasteiger partial charge in [0.1, 0.15) is 5.75 Å². The molecule has 3 N–H and O–H groups in total. The maximum atomic E-state index is 11.9. The van der Waals surface area contributed by atoms with E-state index in [9.17, 15) is 14.4 Å². The fourth-order valence-electron chi connectivity index (χ4n) is 1.85. The summed E-state index contributed by atoms with van der Waals surface area (Å²) in [5.74, 6) is 0.0425. The van der Waals surface area contributed by atoms with Crippen LogP contribution in [0.5, 0.6) is 5.75 Å². The number of nitrogens with zero attached hydrogens (tertiary/aromatic N) is 1. The molecule has 1 saturated heterocycles. The van der Waals surface area contributed by atoms with Gasteiger partial charge in [-0.25, -0.2) is 0 Å². The van der Waals surface area contributed by atoms with Gasteiger partial charge in [-0.3, -0.25) is 19.3 Å². The second kappa shape index (κ2) is 6.49. The maximum Gasteiger partial charge on any atom is 0.288 e. The van der Waals surface area contributed by atoms with Crippen molar-refractivity contribution in [1.29, 1.82) is 0 Å². The maximum absolute atomic E-state index is 11.9. The average Bonchev–Trinajstić information content (AvgIpc) is 2.76. The molecule has 1 aromatic rings. The third-order valence-electron chi connectivity index (χ3n) is 2.90. The molecule has 7 nitrogen and oxygen atoms in total. The molecule has 8 heteroatoms. The Morgan fingerprint density at radius 3 is 2.86 bits per heavy atom. The van der Waals surface area contributed by atoms with Gasteiger partial charge >= 0.3 is 0 Å². The Hall–Kier alpha value is -2.22. The van der Waals surface area contributed by atoms with Crippen LogP contribution in [-0.4, -0.2) is 41.4 Å². The Kier molecular flexibility index (Phi) is 4.69. The molecule has 1 heterocycles. The first-order chi connectivity index (χ1) is 10.0. The number of thioether (sulfide) groups is 1. The molecule has 1 aliphatic heterocycles. The van der Waals surface area contributed by atoms with Crippen LogP contribution in [0.3, 0.4) is 0 Å². The lowest BCUT2D eigenvalue weighted by Crippen LogP contribution is -2.31. The Labute approximate surface area is 125 Å². The van der Waals surface area contributed by atoms with Crippen LogP contribution in [-0.2, 0) is 9.59 Å². The number of hydrogen-bond acceptors (Lipinski definition) is 6. The Bertz CT molecular complexity index is 575. The number of methoxy groups -OCH3 is 1. The van der Waals surface area contributed by atoms with Gasteiger partial charge in [-0.15, -0.1) is 0 Å². The summed E-state index contributed by atoms with van der Waals surface area (Å²) >= 11 is 0.946. The largest absolute Gasteiger partial charge is 0.495 e. The molecule has 0 aliphatic carbocycles. The van der Waals surface area contributed by atoms with Gasteiger partial charge in [-0.2, -0.15) is 0 Å². The molecule has 1 aromatic carbocycles. The molecule has 0 atom stereocenters. The Morgan fingerprint density at radius 1 is 1.48 bits per heavy atom. The summed E-state index contributed by atoms with van der Waals surface area (Å²) in [5.41, 5.74) is 6.61. The topological polar surface area (TPSA) is 102 Å². The minimum Gasteiger partial charge on any atom is -0.495 e. The number of nitrogen functional groups attached to an aromatic ring is 1. The van der Waals surface area contributed by atoms with Crippen molar-refractivity contribution >= 4 is 40.2 Å². The zero-order valence-corrected chi connectivity index (χ0v) is 12.2. The lowest BCUT2D eigenvalue weighted by molar-refractivity contribution is -0.125. The number of anilines is 2. The summed E-state index contributed by atoms with van der Waals surface area (Å²) in [5, 5.41) is 2.35. The third kappa shape index (κ3) is 3.66. The molecule has 3 amide bonds. The molecule has 1 fully saturated rings. The lowest BCUT2D eigenvalue weighted by atomic mass is 10.2. The smallest absolute Gasteiger partial charge is 0.288 e. The van der Waals surface area contributed by atoms with Crippen molar-refractivity contribution in [3.05, 3.63) is 18.2 Å². The molecular formula is C13H15N3O4S. The van der Waals surface area contributed by atoms with Gasteiger partial charge in [0.25, 0.3) is 5.24 Å². The van der Waals surface area contributed by atoms with E-state index in [1.807, 2.05) is 0 Å². The highest BCUT2D eigenvalue weighted by Crippen LogP contribution is 2.26. The fraction of sp³-hybridized carbons (Fsp3) is 0.308. The van der Waals surface area contributed by atoms with E-state index in [-0.39, 0.29) is 35.8 Å². The Balaban J connectivity index is 1.94. The minimum absolute atomic E-state index is 0.0238. The number of imide groups is 1. The predicted octanol–water partition coefficient (Wildman–Crippen LogP) is 1.30. The number of ether oxygens (including phenoxy) is 1. The number of nitrogens with two attached hydrogens (primary N) is 1. The van der Waals surface area contributed by atoms with Gasteiger partial charge in [0.15, 0.2) is 0 Å². The number of nitrogens with one attached hydrogen (secondary N) is 1. The first kappa shape index (κ1) is 15.2.